The summed E-state index contributed by atoms with van der Waals surface area (Å²) in [4.78, 5) is 32.0. The first-order chi connectivity index (χ1) is 11.1. The van der Waals surface area contributed by atoms with Crippen molar-refractivity contribution in [1.82, 2.24) is 0 Å². The van der Waals surface area contributed by atoms with Gasteiger partial charge in [0.25, 0.3) is 0 Å². The quantitative estimate of drug-likeness (QED) is 0.520. The highest BCUT2D eigenvalue weighted by Crippen LogP contribution is 2.04. The Morgan fingerprint density at radius 3 is 2.22 bits per heavy atom. The smallest absolute Gasteiger partial charge is 0.318 e. The average molecular weight is 311 g/mol. The minimum atomic E-state index is -0.900. The summed E-state index contributed by atoms with van der Waals surface area (Å²) in [5, 5.41) is 0. The van der Waals surface area contributed by atoms with E-state index in [1.165, 1.54) is 6.08 Å². The van der Waals surface area contributed by atoms with Crippen LogP contribution in [0, 0.1) is 0 Å². The van der Waals surface area contributed by atoms with Gasteiger partial charge in [0.15, 0.2) is 0 Å². The van der Waals surface area contributed by atoms with E-state index < -0.39 is 18.0 Å². The number of carbonyl (C=O) groups excluding carboxylic acids is 2. The second-order valence-corrected chi connectivity index (χ2v) is 4.84. The van der Waals surface area contributed by atoms with Crippen molar-refractivity contribution in [2.24, 2.45) is 5.73 Å². The SMILES string of the molecule is NC(Cc1ccccc1)C(=O)OOC(=O)/C=C/c1ccccc1. The predicted molar refractivity (Wildman–Crippen MR) is 85.8 cm³/mol. The Hall–Kier alpha value is -2.92. The van der Waals surface area contributed by atoms with E-state index in [4.69, 9.17) is 5.73 Å². The van der Waals surface area contributed by atoms with E-state index in [1.807, 2.05) is 60.7 Å². The minimum Gasteiger partial charge on any atom is -0.318 e. The molecule has 2 rings (SSSR count). The van der Waals surface area contributed by atoms with E-state index in [0.717, 1.165) is 11.1 Å². The van der Waals surface area contributed by atoms with Gasteiger partial charge in [0.2, 0.25) is 0 Å². The summed E-state index contributed by atoms with van der Waals surface area (Å²) in [6, 6.07) is 17.6. The van der Waals surface area contributed by atoms with Crippen molar-refractivity contribution in [2.75, 3.05) is 0 Å². The van der Waals surface area contributed by atoms with Gasteiger partial charge in [-0.15, -0.1) is 0 Å². The number of nitrogens with two attached hydrogens (primary N) is 1. The number of rotatable bonds is 5. The van der Waals surface area contributed by atoms with Gasteiger partial charge in [-0.1, -0.05) is 60.7 Å². The molecule has 1 unspecified atom stereocenters. The Morgan fingerprint density at radius 1 is 0.957 bits per heavy atom. The van der Waals surface area contributed by atoms with Gasteiger partial charge in [0.1, 0.15) is 6.04 Å². The van der Waals surface area contributed by atoms with E-state index in [9.17, 15) is 9.59 Å². The molecule has 118 valence electrons. The first-order valence-corrected chi connectivity index (χ1v) is 7.10. The predicted octanol–water partition coefficient (Wildman–Crippen LogP) is 2.27. The molecule has 0 spiro atoms. The lowest BCUT2D eigenvalue weighted by molar-refractivity contribution is -0.255. The van der Waals surface area contributed by atoms with Crippen LogP contribution in [0.4, 0.5) is 0 Å². The molecule has 1 atom stereocenters. The lowest BCUT2D eigenvalue weighted by Gasteiger charge is -2.09. The topological polar surface area (TPSA) is 78.6 Å². The molecule has 5 heteroatoms. The van der Waals surface area contributed by atoms with Crippen LogP contribution in [-0.4, -0.2) is 18.0 Å². The van der Waals surface area contributed by atoms with E-state index in [2.05, 4.69) is 9.78 Å². The van der Waals surface area contributed by atoms with Crippen LogP contribution in [0.25, 0.3) is 6.08 Å². The van der Waals surface area contributed by atoms with E-state index in [-0.39, 0.29) is 0 Å². The lowest BCUT2D eigenvalue weighted by atomic mass is 10.1. The van der Waals surface area contributed by atoms with Crippen LogP contribution in [0.3, 0.4) is 0 Å². The maximum absolute atomic E-state index is 11.7. The Labute approximate surface area is 134 Å². The largest absolute Gasteiger partial charge is 0.379 e. The normalized spacial score (nSPS) is 11.9. The Bertz CT molecular complexity index is 668. The standard InChI is InChI=1S/C18H17NO4/c19-16(13-15-9-5-2-6-10-15)18(21)23-22-17(20)12-11-14-7-3-1-4-8-14/h1-12,16H,13,19H2/b12-11+. The molecule has 0 aliphatic heterocycles. The molecule has 0 fully saturated rings. The first-order valence-electron chi connectivity index (χ1n) is 7.10. The third kappa shape index (κ3) is 5.76. The second kappa shape index (κ2) is 8.51. The molecule has 2 N–H and O–H groups in total. The van der Waals surface area contributed by atoms with Crippen molar-refractivity contribution >= 4 is 18.0 Å². The third-order valence-electron chi connectivity index (χ3n) is 3.02. The van der Waals surface area contributed by atoms with Crippen molar-refractivity contribution in [2.45, 2.75) is 12.5 Å². The molecule has 0 radical (unpaired) electrons. The molecule has 0 bridgehead atoms. The maximum atomic E-state index is 11.7. The third-order valence-corrected chi connectivity index (χ3v) is 3.02. The summed E-state index contributed by atoms with van der Waals surface area (Å²) in [6.45, 7) is 0. The lowest BCUT2D eigenvalue weighted by Crippen LogP contribution is -2.34. The summed E-state index contributed by atoms with van der Waals surface area (Å²) in [7, 11) is 0. The highest BCUT2D eigenvalue weighted by atomic mass is 17.2. The highest BCUT2D eigenvalue weighted by molar-refractivity contribution is 5.87. The summed E-state index contributed by atoms with van der Waals surface area (Å²) >= 11 is 0. The molecular formula is C18H17NO4. The van der Waals surface area contributed by atoms with E-state index >= 15 is 0 Å². The van der Waals surface area contributed by atoms with Crippen molar-refractivity contribution in [3.63, 3.8) is 0 Å². The van der Waals surface area contributed by atoms with E-state index in [0.29, 0.717) is 6.42 Å². The van der Waals surface area contributed by atoms with Crippen LogP contribution in [0.15, 0.2) is 66.7 Å². The minimum absolute atomic E-state index is 0.303. The molecule has 2 aromatic rings. The first kappa shape index (κ1) is 16.5. The van der Waals surface area contributed by atoms with Gasteiger partial charge in [-0.25, -0.2) is 19.4 Å². The van der Waals surface area contributed by atoms with Crippen molar-refractivity contribution in [1.29, 1.82) is 0 Å². The Morgan fingerprint density at radius 2 is 1.57 bits per heavy atom. The molecule has 0 saturated heterocycles. The molecule has 0 aliphatic carbocycles. The summed E-state index contributed by atoms with van der Waals surface area (Å²) in [6.07, 6.45) is 3.03. The zero-order valence-electron chi connectivity index (χ0n) is 12.4. The number of hydrogen-bond donors (Lipinski definition) is 1. The Kier molecular flexibility index (Phi) is 6.08. The van der Waals surface area contributed by atoms with Crippen LogP contribution in [-0.2, 0) is 25.8 Å². The molecule has 5 nitrogen and oxygen atoms in total. The summed E-state index contributed by atoms with van der Waals surface area (Å²) < 4.78 is 0. The number of benzene rings is 2. The Balaban J connectivity index is 1.77. The zero-order chi connectivity index (χ0) is 16.5. The monoisotopic (exact) mass is 311 g/mol. The summed E-state index contributed by atoms with van der Waals surface area (Å²) in [5.74, 6) is -1.58. The average Bonchev–Trinajstić information content (AvgIpc) is 2.59. The molecule has 0 aromatic heterocycles. The molecule has 0 aliphatic rings. The van der Waals surface area contributed by atoms with E-state index in [1.54, 1.807) is 6.08 Å². The van der Waals surface area contributed by atoms with Crippen molar-refractivity contribution in [3.05, 3.63) is 77.9 Å². The van der Waals surface area contributed by atoms with Gasteiger partial charge >= 0.3 is 11.9 Å². The fourth-order valence-electron chi connectivity index (χ4n) is 1.85. The van der Waals surface area contributed by atoms with Gasteiger partial charge in [-0.3, -0.25) is 0 Å². The molecule has 0 saturated carbocycles. The fraction of sp³-hybridized carbons (Fsp3) is 0.111. The molecule has 0 heterocycles. The van der Waals surface area contributed by atoms with Crippen LogP contribution in [0.1, 0.15) is 11.1 Å². The molecule has 0 amide bonds. The zero-order valence-corrected chi connectivity index (χ0v) is 12.4. The van der Waals surface area contributed by atoms with Gasteiger partial charge in [0, 0.05) is 6.08 Å². The highest BCUT2D eigenvalue weighted by Gasteiger charge is 2.18. The van der Waals surface area contributed by atoms with Crippen molar-refractivity contribution < 1.29 is 19.4 Å². The van der Waals surface area contributed by atoms with Crippen LogP contribution in [0.2, 0.25) is 0 Å². The molecule has 23 heavy (non-hydrogen) atoms. The summed E-state index contributed by atoms with van der Waals surface area (Å²) in [5.41, 5.74) is 7.44. The van der Waals surface area contributed by atoms with Gasteiger partial charge in [0.05, 0.1) is 0 Å². The van der Waals surface area contributed by atoms with Gasteiger partial charge < -0.3 is 5.73 Å². The number of hydrogen-bond acceptors (Lipinski definition) is 5. The van der Waals surface area contributed by atoms with Gasteiger partial charge in [-0.2, -0.15) is 0 Å². The molecular weight excluding hydrogens is 294 g/mol. The maximum Gasteiger partial charge on any atom is 0.379 e. The fourth-order valence-corrected chi connectivity index (χ4v) is 1.85. The van der Waals surface area contributed by atoms with Crippen LogP contribution >= 0.6 is 0 Å². The van der Waals surface area contributed by atoms with Crippen LogP contribution in [0.5, 0.6) is 0 Å². The second-order valence-electron chi connectivity index (χ2n) is 4.84. The van der Waals surface area contributed by atoms with Gasteiger partial charge in [-0.05, 0) is 23.6 Å². The van der Waals surface area contributed by atoms with Crippen molar-refractivity contribution in [3.8, 4) is 0 Å². The number of carbonyl (C=O) groups is 2. The van der Waals surface area contributed by atoms with Crippen LogP contribution < -0.4 is 5.73 Å². The molecule has 2 aromatic carbocycles.